The molecule has 0 saturated carbocycles. The zero-order valence-corrected chi connectivity index (χ0v) is 12.4. The normalized spacial score (nSPS) is 22.1. The smallest absolute Gasteiger partial charge is 0.313 e. The van der Waals surface area contributed by atoms with E-state index >= 15 is 0 Å². The van der Waals surface area contributed by atoms with Gasteiger partial charge in [0, 0.05) is 12.1 Å². The van der Waals surface area contributed by atoms with E-state index in [1.54, 1.807) is 6.20 Å². The van der Waals surface area contributed by atoms with Crippen molar-refractivity contribution in [2.75, 3.05) is 13.1 Å². The van der Waals surface area contributed by atoms with Gasteiger partial charge in [0.2, 0.25) is 0 Å². The van der Waals surface area contributed by atoms with Crippen LogP contribution in [0.2, 0.25) is 0 Å². The molecule has 22 heavy (non-hydrogen) atoms. The van der Waals surface area contributed by atoms with Gasteiger partial charge in [-0.1, -0.05) is 17.3 Å². The van der Waals surface area contributed by atoms with Gasteiger partial charge in [0.1, 0.15) is 11.4 Å². The fourth-order valence-electron chi connectivity index (χ4n) is 2.43. The number of halogens is 2. The van der Waals surface area contributed by atoms with Gasteiger partial charge in [0.15, 0.2) is 0 Å². The molecule has 0 amide bonds. The number of hydrogen-bond acceptors (Lipinski definition) is 5. The fraction of sp³-hybridized carbons (Fsp3) is 0.385. The third-order valence-electron chi connectivity index (χ3n) is 3.61. The molecule has 3 rings (SSSR count). The summed E-state index contributed by atoms with van der Waals surface area (Å²) >= 11 is 0. The number of alkyl halides is 1. The lowest BCUT2D eigenvalue weighted by molar-refractivity contribution is 0.154. The number of benzene rings is 1. The van der Waals surface area contributed by atoms with Gasteiger partial charge < -0.3 is 5.32 Å². The molecule has 9 heteroatoms. The third-order valence-corrected chi connectivity index (χ3v) is 4.44. The average molecular weight is 328 g/mol. The molecule has 118 valence electrons. The highest BCUT2D eigenvalue weighted by Crippen LogP contribution is 2.24. The van der Waals surface area contributed by atoms with E-state index in [2.05, 4.69) is 15.6 Å². The van der Waals surface area contributed by atoms with Crippen LogP contribution in [0.25, 0.3) is 11.3 Å². The van der Waals surface area contributed by atoms with Crippen LogP contribution < -0.4 is 5.32 Å². The second-order valence-electron chi connectivity index (χ2n) is 5.34. The molecule has 1 atom stereocenters. The first-order chi connectivity index (χ1) is 10.4. The lowest BCUT2D eigenvalue weighted by Gasteiger charge is -2.16. The molecule has 0 aliphatic carbocycles. The Labute approximate surface area is 126 Å². The van der Waals surface area contributed by atoms with E-state index < -0.39 is 20.8 Å². The second kappa shape index (κ2) is 5.40. The Hall–Kier alpha value is -1.87. The molecule has 0 radical (unpaired) electrons. The van der Waals surface area contributed by atoms with Crippen molar-refractivity contribution in [1.29, 1.82) is 0 Å². The van der Waals surface area contributed by atoms with Crippen LogP contribution in [-0.2, 0) is 16.8 Å². The van der Waals surface area contributed by atoms with Gasteiger partial charge in [-0.05, 0) is 25.1 Å². The van der Waals surface area contributed by atoms with Gasteiger partial charge in [0.05, 0.1) is 17.6 Å². The quantitative estimate of drug-likeness (QED) is 0.856. The van der Waals surface area contributed by atoms with Crippen LogP contribution in [0.3, 0.4) is 0 Å². The molecule has 1 saturated heterocycles. The summed E-state index contributed by atoms with van der Waals surface area (Å²) in [7, 11) is -4.72. The van der Waals surface area contributed by atoms with E-state index in [9.17, 15) is 16.7 Å². The zero-order chi connectivity index (χ0) is 15.8. The first-order valence-corrected chi connectivity index (χ1v) is 8.09. The molecule has 2 heterocycles. The first kappa shape index (κ1) is 15.0. The molecule has 1 N–H and O–H groups in total. The first-order valence-electron chi connectivity index (χ1n) is 6.71. The van der Waals surface area contributed by atoms with E-state index in [0.29, 0.717) is 24.2 Å². The van der Waals surface area contributed by atoms with Crippen molar-refractivity contribution < 1.29 is 16.7 Å². The molecule has 1 aromatic carbocycles. The summed E-state index contributed by atoms with van der Waals surface area (Å²) in [6.45, 7) is 1.02. The van der Waals surface area contributed by atoms with Crippen LogP contribution in [0.1, 0.15) is 6.42 Å². The van der Waals surface area contributed by atoms with Gasteiger partial charge in [-0.25, -0.2) is 9.07 Å². The maximum atomic E-state index is 14.3. The predicted octanol–water partition coefficient (Wildman–Crippen LogP) is 1.30. The summed E-state index contributed by atoms with van der Waals surface area (Å²) in [5, 5.41) is 10.8. The standard InChI is InChI=1S/C13H14F2N4O2S/c14-13(5-6-16-8-13)9-19-7-12(17-18-19)10-1-3-11(4-2-10)22(15,20)21/h1-4,7,16H,5-6,8-9H2. The molecule has 6 nitrogen and oxygen atoms in total. The summed E-state index contributed by atoms with van der Waals surface area (Å²) in [5.74, 6) is 0. The lowest BCUT2D eigenvalue weighted by Crippen LogP contribution is -2.31. The number of nitrogens with one attached hydrogen (secondary N) is 1. The van der Waals surface area contributed by atoms with Crippen molar-refractivity contribution in [3.05, 3.63) is 30.5 Å². The van der Waals surface area contributed by atoms with Crippen LogP contribution in [-0.4, -0.2) is 42.2 Å². The van der Waals surface area contributed by atoms with E-state index in [4.69, 9.17) is 0 Å². The minimum absolute atomic E-state index is 0.101. The van der Waals surface area contributed by atoms with E-state index in [0.717, 1.165) is 12.1 Å². The van der Waals surface area contributed by atoms with Crippen molar-refractivity contribution in [2.45, 2.75) is 23.5 Å². The zero-order valence-electron chi connectivity index (χ0n) is 11.5. The number of rotatable bonds is 4. The van der Waals surface area contributed by atoms with Gasteiger partial charge in [0.25, 0.3) is 0 Å². The monoisotopic (exact) mass is 328 g/mol. The molecule has 1 fully saturated rings. The molecule has 1 aliphatic rings. The summed E-state index contributed by atoms with van der Waals surface area (Å²) in [6.07, 6.45) is 2.00. The van der Waals surface area contributed by atoms with Gasteiger partial charge >= 0.3 is 10.2 Å². The molecule has 1 aromatic heterocycles. The summed E-state index contributed by atoms with van der Waals surface area (Å²) < 4.78 is 50.1. The minimum atomic E-state index is -4.72. The van der Waals surface area contributed by atoms with E-state index in [1.807, 2.05) is 0 Å². The van der Waals surface area contributed by atoms with Crippen LogP contribution in [0.15, 0.2) is 35.4 Å². The van der Waals surface area contributed by atoms with Crippen molar-refractivity contribution in [2.24, 2.45) is 0 Å². The fourth-order valence-corrected chi connectivity index (χ4v) is 2.90. The Morgan fingerprint density at radius 3 is 2.64 bits per heavy atom. The van der Waals surface area contributed by atoms with Gasteiger partial charge in [-0.3, -0.25) is 0 Å². The maximum Gasteiger partial charge on any atom is 0.332 e. The predicted molar refractivity (Wildman–Crippen MR) is 75.1 cm³/mol. The maximum absolute atomic E-state index is 14.3. The van der Waals surface area contributed by atoms with Crippen LogP contribution in [0, 0.1) is 0 Å². The van der Waals surface area contributed by atoms with E-state index in [-0.39, 0.29) is 13.1 Å². The van der Waals surface area contributed by atoms with Crippen LogP contribution in [0.4, 0.5) is 8.28 Å². The third kappa shape index (κ3) is 3.14. The Morgan fingerprint density at radius 2 is 2.05 bits per heavy atom. The van der Waals surface area contributed by atoms with E-state index in [1.165, 1.54) is 16.8 Å². The summed E-state index contributed by atoms with van der Waals surface area (Å²) in [4.78, 5) is -0.414. The van der Waals surface area contributed by atoms with Crippen molar-refractivity contribution in [3.8, 4) is 11.3 Å². The molecular formula is C13H14F2N4O2S. The Bertz CT molecular complexity index is 768. The second-order valence-corrected chi connectivity index (χ2v) is 6.69. The van der Waals surface area contributed by atoms with Crippen molar-refractivity contribution in [1.82, 2.24) is 20.3 Å². The molecule has 2 aromatic rings. The minimum Gasteiger partial charge on any atom is -0.313 e. The highest BCUT2D eigenvalue weighted by atomic mass is 32.3. The highest BCUT2D eigenvalue weighted by Gasteiger charge is 2.34. The van der Waals surface area contributed by atoms with Crippen molar-refractivity contribution >= 4 is 10.2 Å². The van der Waals surface area contributed by atoms with Crippen LogP contribution in [0.5, 0.6) is 0 Å². The average Bonchev–Trinajstić information content (AvgIpc) is 3.08. The highest BCUT2D eigenvalue weighted by molar-refractivity contribution is 7.86. The van der Waals surface area contributed by atoms with Gasteiger partial charge in [-0.2, -0.15) is 8.42 Å². The Morgan fingerprint density at radius 1 is 1.32 bits per heavy atom. The number of hydrogen-bond donors (Lipinski definition) is 1. The summed E-state index contributed by atoms with van der Waals surface area (Å²) in [5.41, 5.74) is -0.287. The number of nitrogens with zero attached hydrogens (tertiary/aromatic N) is 3. The van der Waals surface area contributed by atoms with Crippen molar-refractivity contribution in [3.63, 3.8) is 0 Å². The molecule has 1 aliphatic heterocycles. The summed E-state index contributed by atoms with van der Waals surface area (Å²) in [6, 6.07) is 5.18. The SMILES string of the molecule is O=S(=O)(F)c1ccc(-c2cn(CC3(F)CCNC3)nn2)cc1. The van der Waals surface area contributed by atoms with Gasteiger partial charge in [-0.15, -0.1) is 8.98 Å². The molecule has 0 bridgehead atoms. The lowest BCUT2D eigenvalue weighted by atomic mass is 10.1. The molecular weight excluding hydrogens is 314 g/mol. The Kier molecular flexibility index (Phi) is 3.69. The largest absolute Gasteiger partial charge is 0.332 e. The molecule has 0 spiro atoms. The topological polar surface area (TPSA) is 76.9 Å². The van der Waals surface area contributed by atoms with Crippen LogP contribution >= 0.6 is 0 Å². The Balaban J connectivity index is 1.79. The molecule has 1 unspecified atom stereocenters. The number of aromatic nitrogens is 3.